The van der Waals surface area contributed by atoms with Crippen LogP contribution in [0.5, 0.6) is 0 Å². The van der Waals surface area contributed by atoms with E-state index in [1.807, 2.05) is 0 Å². The molecule has 0 aromatic heterocycles. The summed E-state index contributed by atoms with van der Waals surface area (Å²) in [7, 11) is 0. The van der Waals surface area contributed by atoms with Gasteiger partial charge in [0.05, 0.1) is 48.3 Å². The molecule has 0 aliphatic carbocycles. The lowest BCUT2D eigenvalue weighted by Gasteiger charge is -2.22. The van der Waals surface area contributed by atoms with Crippen molar-refractivity contribution in [2.24, 2.45) is 0 Å². The SMILES string of the molecule is O=[N+]([O-])c1cc([N+](=O)[O-])c(Nc2c(Cl)cc(C(F)(F)F)c(Cl)c2C(F)(F)F)c(C(F)(F)F)c1. The highest BCUT2D eigenvalue weighted by atomic mass is 35.5. The van der Waals surface area contributed by atoms with E-state index in [0.29, 0.717) is 0 Å². The average Bonchev–Trinajstić information content (AvgIpc) is 2.60. The van der Waals surface area contributed by atoms with Crippen LogP contribution >= 0.6 is 23.2 Å². The number of alkyl halides is 9. The topological polar surface area (TPSA) is 98.3 Å². The molecular weight excluding hydrogens is 528 g/mol. The van der Waals surface area contributed by atoms with Crippen molar-refractivity contribution in [2.45, 2.75) is 18.5 Å². The van der Waals surface area contributed by atoms with E-state index in [1.165, 1.54) is 5.32 Å². The third-order valence-electron chi connectivity index (χ3n) is 3.87. The summed E-state index contributed by atoms with van der Waals surface area (Å²) >= 11 is 10.7. The number of hydrogen-bond donors (Lipinski definition) is 1. The average molecular weight is 532 g/mol. The van der Waals surface area contributed by atoms with Crippen molar-refractivity contribution in [1.29, 1.82) is 0 Å². The van der Waals surface area contributed by atoms with Crippen LogP contribution in [-0.2, 0) is 18.5 Å². The number of anilines is 2. The summed E-state index contributed by atoms with van der Waals surface area (Å²) in [6.45, 7) is 0. The molecule has 0 saturated carbocycles. The Morgan fingerprint density at radius 2 is 1.24 bits per heavy atom. The maximum Gasteiger partial charge on any atom is 0.419 e. The van der Waals surface area contributed by atoms with Crippen LogP contribution in [0.3, 0.4) is 0 Å². The number of non-ortho nitro benzene ring substituents is 1. The van der Waals surface area contributed by atoms with Gasteiger partial charge in [-0.05, 0) is 6.07 Å². The van der Waals surface area contributed by atoms with Crippen LogP contribution in [0.15, 0.2) is 18.2 Å². The second kappa shape index (κ2) is 8.40. The van der Waals surface area contributed by atoms with E-state index in [9.17, 15) is 59.7 Å². The van der Waals surface area contributed by atoms with E-state index in [4.69, 9.17) is 23.2 Å². The van der Waals surface area contributed by atoms with E-state index >= 15 is 0 Å². The van der Waals surface area contributed by atoms with Crippen molar-refractivity contribution in [2.75, 3.05) is 5.32 Å². The largest absolute Gasteiger partial charge is 0.419 e. The van der Waals surface area contributed by atoms with Crippen molar-refractivity contribution in [3.63, 3.8) is 0 Å². The molecule has 0 spiro atoms. The lowest BCUT2D eigenvalue weighted by Crippen LogP contribution is -2.17. The lowest BCUT2D eigenvalue weighted by molar-refractivity contribution is -0.394. The van der Waals surface area contributed by atoms with Crippen LogP contribution in [0.2, 0.25) is 10.0 Å². The lowest BCUT2D eigenvalue weighted by atomic mass is 10.0. The smallest absolute Gasteiger partial charge is 0.348 e. The van der Waals surface area contributed by atoms with Gasteiger partial charge in [0, 0.05) is 6.07 Å². The second-order valence-corrected chi connectivity index (χ2v) is 6.78. The first kappa shape index (κ1) is 26.2. The quantitative estimate of drug-likeness (QED) is 0.248. The van der Waals surface area contributed by atoms with Gasteiger partial charge in [0.25, 0.3) is 11.4 Å². The van der Waals surface area contributed by atoms with Crippen LogP contribution in [0.25, 0.3) is 0 Å². The molecule has 180 valence electrons. The monoisotopic (exact) mass is 531 g/mol. The molecule has 0 aliphatic rings. The zero-order valence-corrected chi connectivity index (χ0v) is 16.4. The molecular formula is C15H4Cl2F9N3O4. The van der Waals surface area contributed by atoms with Crippen LogP contribution in [0.1, 0.15) is 16.7 Å². The van der Waals surface area contributed by atoms with Gasteiger partial charge in [-0.3, -0.25) is 20.2 Å². The zero-order valence-electron chi connectivity index (χ0n) is 14.9. The van der Waals surface area contributed by atoms with Crippen LogP contribution in [0, 0.1) is 20.2 Å². The number of rotatable bonds is 4. The Morgan fingerprint density at radius 3 is 1.64 bits per heavy atom. The molecule has 18 heteroatoms. The van der Waals surface area contributed by atoms with Gasteiger partial charge in [-0.25, -0.2) is 0 Å². The molecule has 0 bridgehead atoms. The van der Waals surface area contributed by atoms with Crippen molar-refractivity contribution in [3.05, 3.63) is 65.2 Å². The number of halogens is 11. The van der Waals surface area contributed by atoms with Crippen LogP contribution in [-0.4, -0.2) is 9.85 Å². The molecule has 7 nitrogen and oxygen atoms in total. The second-order valence-electron chi connectivity index (χ2n) is 5.99. The number of benzene rings is 2. The molecule has 2 aromatic rings. The van der Waals surface area contributed by atoms with E-state index in [-0.39, 0.29) is 18.2 Å². The Balaban J connectivity index is 2.97. The fourth-order valence-corrected chi connectivity index (χ4v) is 3.18. The molecule has 0 radical (unpaired) electrons. The Morgan fingerprint density at radius 1 is 0.727 bits per heavy atom. The summed E-state index contributed by atoms with van der Waals surface area (Å²) < 4.78 is 120. The first-order valence-electron chi connectivity index (χ1n) is 7.74. The minimum absolute atomic E-state index is 0.00440. The summed E-state index contributed by atoms with van der Waals surface area (Å²) in [5.74, 6) is 0. The number of nitrogens with one attached hydrogen (secondary N) is 1. The zero-order chi connectivity index (χ0) is 25.7. The molecule has 2 aromatic carbocycles. The molecule has 33 heavy (non-hydrogen) atoms. The van der Waals surface area contributed by atoms with Crippen LogP contribution < -0.4 is 5.32 Å². The third kappa shape index (κ3) is 5.32. The van der Waals surface area contributed by atoms with Gasteiger partial charge in [0.1, 0.15) is 5.69 Å². The number of nitro benzene ring substituents is 2. The molecule has 0 aliphatic heterocycles. The fraction of sp³-hybridized carbons (Fsp3) is 0.200. The highest BCUT2D eigenvalue weighted by Crippen LogP contribution is 2.51. The molecule has 1 N–H and O–H groups in total. The number of nitro groups is 2. The van der Waals surface area contributed by atoms with E-state index in [2.05, 4.69) is 0 Å². The minimum atomic E-state index is -5.74. The first-order valence-corrected chi connectivity index (χ1v) is 8.49. The van der Waals surface area contributed by atoms with Crippen LogP contribution in [0.4, 0.5) is 62.3 Å². The Labute approximate surface area is 185 Å². The number of nitrogens with zero attached hydrogens (tertiary/aromatic N) is 2. The predicted molar refractivity (Wildman–Crippen MR) is 94.5 cm³/mol. The molecule has 0 heterocycles. The third-order valence-corrected chi connectivity index (χ3v) is 4.56. The standard InChI is InChI=1S/C15H4Cl2F9N3O4/c16-7-3-5(13(18,19)20)10(17)9(15(24,25)26)12(7)27-11-6(14(21,22)23)1-4(28(30)31)2-8(11)29(32)33/h1-3,27H. The Hall–Kier alpha value is -3.01. The van der Waals surface area contributed by atoms with E-state index in [0.717, 1.165) is 0 Å². The maximum absolute atomic E-state index is 13.5. The van der Waals surface area contributed by atoms with Crippen molar-refractivity contribution >= 4 is 46.0 Å². The summed E-state index contributed by atoms with van der Waals surface area (Å²) in [5.41, 5.74) is -13.2. The van der Waals surface area contributed by atoms with Gasteiger partial charge < -0.3 is 5.32 Å². The Bertz CT molecular complexity index is 1150. The van der Waals surface area contributed by atoms with Crippen molar-refractivity contribution in [1.82, 2.24) is 0 Å². The summed E-state index contributed by atoms with van der Waals surface area (Å²) in [6.07, 6.45) is -16.8. The highest BCUT2D eigenvalue weighted by molar-refractivity contribution is 6.37. The summed E-state index contributed by atoms with van der Waals surface area (Å²) in [6, 6.07) is -0.349. The van der Waals surface area contributed by atoms with E-state index < -0.39 is 77.9 Å². The van der Waals surface area contributed by atoms with E-state index in [1.54, 1.807) is 0 Å². The minimum Gasteiger partial charge on any atom is -0.348 e. The first-order chi connectivity index (χ1) is 14.8. The molecule has 0 unspecified atom stereocenters. The fourth-order valence-electron chi connectivity index (χ4n) is 2.56. The van der Waals surface area contributed by atoms with Crippen molar-refractivity contribution in [3.8, 4) is 0 Å². The summed E-state index contributed by atoms with van der Waals surface area (Å²) in [5, 5.41) is 20.0. The van der Waals surface area contributed by atoms with Gasteiger partial charge in [0.15, 0.2) is 0 Å². The maximum atomic E-state index is 13.5. The molecule has 0 saturated heterocycles. The van der Waals surface area contributed by atoms with Crippen molar-refractivity contribution < 1.29 is 49.4 Å². The van der Waals surface area contributed by atoms with Gasteiger partial charge in [-0.15, -0.1) is 0 Å². The predicted octanol–water partition coefficient (Wildman–Crippen LogP) is 7.61. The highest BCUT2D eigenvalue weighted by Gasteiger charge is 2.45. The normalized spacial score (nSPS) is 12.6. The number of hydrogen-bond acceptors (Lipinski definition) is 5. The molecule has 0 fully saturated rings. The molecule has 0 atom stereocenters. The summed E-state index contributed by atoms with van der Waals surface area (Å²) in [4.78, 5) is 19.1. The van der Waals surface area contributed by atoms with Gasteiger partial charge in [-0.1, -0.05) is 23.2 Å². The molecule has 0 amide bonds. The van der Waals surface area contributed by atoms with Gasteiger partial charge in [0.2, 0.25) is 0 Å². The Kier molecular flexibility index (Phi) is 6.68. The van der Waals surface area contributed by atoms with Gasteiger partial charge in [-0.2, -0.15) is 39.5 Å². The van der Waals surface area contributed by atoms with Gasteiger partial charge >= 0.3 is 18.5 Å². The molecule has 2 rings (SSSR count).